The maximum absolute atomic E-state index is 13.5. The number of nitrogens with one attached hydrogen (secondary N) is 1. The van der Waals surface area contributed by atoms with Crippen molar-refractivity contribution in [3.05, 3.63) is 58.6 Å². The molecule has 2 rings (SSSR count). The number of nitrogens with zero attached hydrogens (tertiary/aromatic N) is 2. The Morgan fingerprint density at radius 2 is 1.88 bits per heavy atom. The highest BCUT2D eigenvalue weighted by Crippen LogP contribution is 2.31. The van der Waals surface area contributed by atoms with Gasteiger partial charge in [-0.05, 0) is 56.2 Å². The van der Waals surface area contributed by atoms with Crippen LogP contribution >= 0.6 is 11.6 Å². The van der Waals surface area contributed by atoms with Crippen LogP contribution in [0, 0.1) is 6.92 Å². The number of ether oxygens (including phenoxy) is 1. The van der Waals surface area contributed by atoms with Gasteiger partial charge < -0.3 is 15.0 Å². The molecule has 0 saturated carbocycles. The number of sulfonamides is 1. The van der Waals surface area contributed by atoms with Crippen molar-refractivity contribution in [2.24, 2.45) is 0 Å². The van der Waals surface area contributed by atoms with E-state index in [0.717, 1.165) is 16.1 Å². The Bertz CT molecular complexity index is 1110. The molecule has 2 aromatic carbocycles. The molecule has 1 N–H and O–H groups in total. The van der Waals surface area contributed by atoms with Gasteiger partial charge in [0.2, 0.25) is 21.8 Å². The summed E-state index contributed by atoms with van der Waals surface area (Å²) in [6.07, 6.45) is 1.02. The zero-order chi connectivity index (χ0) is 24.8. The lowest BCUT2D eigenvalue weighted by molar-refractivity contribution is -0.139. The van der Waals surface area contributed by atoms with Gasteiger partial charge in [-0.3, -0.25) is 13.9 Å². The summed E-state index contributed by atoms with van der Waals surface area (Å²) in [7, 11) is -2.42. The molecule has 33 heavy (non-hydrogen) atoms. The van der Waals surface area contributed by atoms with Crippen molar-refractivity contribution in [2.45, 2.75) is 33.4 Å². The SMILES string of the molecule is CCNC(=O)[C@@H](C)N(Cc1cccc(Cl)c1)C(=O)CN(c1cc(C)ccc1OC)S(C)(=O)=O. The summed E-state index contributed by atoms with van der Waals surface area (Å²) in [4.78, 5) is 27.4. The van der Waals surface area contributed by atoms with E-state index in [4.69, 9.17) is 16.3 Å². The standard InChI is InChI=1S/C23H30ClN3O5S/c1-6-25-23(29)17(3)26(14-18-8-7-9-19(24)13-18)22(28)15-27(33(5,30)31)20-12-16(2)10-11-21(20)32-4/h7-13,17H,6,14-15H2,1-5H3,(H,25,29)/t17-/m1/s1. The van der Waals surface area contributed by atoms with Gasteiger partial charge in [0, 0.05) is 18.1 Å². The third kappa shape index (κ3) is 7.10. The zero-order valence-corrected chi connectivity index (χ0v) is 21.0. The van der Waals surface area contributed by atoms with Crippen LogP contribution in [0.1, 0.15) is 25.0 Å². The van der Waals surface area contributed by atoms with Crippen molar-refractivity contribution >= 4 is 39.1 Å². The lowest BCUT2D eigenvalue weighted by atomic mass is 10.1. The topological polar surface area (TPSA) is 96.0 Å². The highest BCUT2D eigenvalue weighted by molar-refractivity contribution is 7.92. The highest BCUT2D eigenvalue weighted by Gasteiger charge is 2.31. The van der Waals surface area contributed by atoms with E-state index in [1.807, 2.05) is 6.92 Å². The number of hydrogen-bond donors (Lipinski definition) is 1. The molecule has 0 aliphatic rings. The predicted molar refractivity (Wildman–Crippen MR) is 130 cm³/mol. The van der Waals surface area contributed by atoms with Gasteiger partial charge in [0.1, 0.15) is 18.3 Å². The predicted octanol–water partition coefficient (Wildman–Crippen LogP) is 2.98. The summed E-state index contributed by atoms with van der Waals surface area (Å²) in [5, 5.41) is 3.20. The number of likely N-dealkylation sites (N-methyl/N-ethyl adjacent to an activating group) is 1. The van der Waals surface area contributed by atoms with E-state index in [9.17, 15) is 18.0 Å². The second-order valence-electron chi connectivity index (χ2n) is 7.67. The fourth-order valence-corrected chi connectivity index (χ4v) is 4.38. The van der Waals surface area contributed by atoms with E-state index in [0.29, 0.717) is 22.9 Å². The lowest BCUT2D eigenvalue weighted by Crippen LogP contribution is -2.51. The van der Waals surface area contributed by atoms with Gasteiger partial charge in [-0.15, -0.1) is 0 Å². The molecular formula is C23H30ClN3O5S. The van der Waals surface area contributed by atoms with Gasteiger partial charge in [0.25, 0.3) is 0 Å². The molecule has 2 aromatic rings. The monoisotopic (exact) mass is 495 g/mol. The second kappa shape index (κ2) is 11.4. The van der Waals surface area contributed by atoms with Crippen LogP contribution in [0.15, 0.2) is 42.5 Å². The number of carbonyl (C=O) groups excluding carboxylic acids is 2. The number of hydrogen-bond acceptors (Lipinski definition) is 5. The molecule has 0 unspecified atom stereocenters. The van der Waals surface area contributed by atoms with Crippen LogP contribution in [0.5, 0.6) is 5.75 Å². The Labute approximate surface area is 200 Å². The largest absolute Gasteiger partial charge is 0.495 e. The van der Waals surface area contributed by atoms with E-state index >= 15 is 0 Å². The molecule has 10 heteroatoms. The van der Waals surface area contributed by atoms with Gasteiger partial charge in [0.05, 0.1) is 19.1 Å². The van der Waals surface area contributed by atoms with Gasteiger partial charge in [-0.25, -0.2) is 8.42 Å². The minimum Gasteiger partial charge on any atom is -0.495 e. The Morgan fingerprint density at radius 3 is 2.45 bits per heavy atom. The third-order valence-corrected chi connectivity index (χ3v) is 6.40. The number of benzene rings is 2. The molecule has 2 amide bonds. The Kier molecular flexibility index (Phi) is 9.13. The molecule has 0 aliphatic carbocycles. The van der Waals surface area contributed by atoms with E-state index in [-0.39, 0.29) is 18.1 Å². The molecule has 0 radical (unpaired) electrons. The molecule has 8 nitrogen and oxygen atoms in total. The first-order chi connectivity index (χ1) is 15.5. The highest BCUT2D eigenvalue weighted by atomic mass is 35.5. The van der Waals surface area contributed by atoms with Crippen molar-refractivity contribution in [3.63, 3.8) is 0 Å². The molecule has 0 fully saturated rings. The number of amides is 2. The van der Waals surface area contributed by atoms with Gasteiger partial charge in [-0.1, -0.05) is 29.8 Å². The summed E-state index contributed by atoms with van der Waals surface area (Å²) in [5.74, 6) is -0.563. The fourth-order valence-electron chi connectivity index (χ4n) is 3.33. The average molecular weight is 496 g/mol. The molecule has 0 saturated heterocycles. The lowest BCUT2D eigenvalue weighted by Gasteiger charge is -2.32. The number of aryl methyl sites for hydroxylation is 1. The van der Waals surface area contributed by atoms with Crippen LogP contribution < -0.4 is 14.4 Å². The summed E-state index contributed by atoms with van der Waals surface area (Å²) in [6, 6.07) is 11.2. The van der Waals surface area contributed by atoms with E-state index in [2.05, 4.69) is 5.32 Å². The molecule has 180 valence electrons. The minimum absolute atomic E-state index is 0.0836. The molecule has 0 spiro atoms. The second-order valence-corrected chi connectivity index (χ2v) is 10.0. The average Bonchev–Trinajstić information content (AvgIpc) is 2.74. The van der Waals surface area contributed by atoms with Crippen LogP contribution in [-0.4, -0.2) is 57.6 Å². The number of carbonyl (C=O) groups is 2. The summed E-state index contributed by atoms with van der Waals surface area (Å²) >= 11 is 6.09. The van der Waals surface area contributed by atoms with Crippen LogP contribution in [-0.2, 0) is 26.2 Å². The van der Waals surface area contributed by atoms with Gasteiger partial charge in [0.15, 0.2) is 0 Å². The number of anilines is 1. The first-order valence-corrected chi connectivity index (χ1v) is 12.6. The van der Waals surface area contributed by atoms with E-state index in [1.165, 1.54) is 12.0 Å². The van der Waals surface area contributed by atoms with Crippen molar-refractivity contribution in [1.29, 1.82) is 0 Å². The van der Waals surface area contributed by atoms with Crippen molar-refractivity contribution in [1.82, 2.24) is 10.2 Å². The normalized spacial score (nSPS) is 12.1. The molecule has 0 aliphatic heterocycles. The first kappa shape index (κ1) is 26.5. The molecule has 0 aromatic heterocycles. The molecule has 0 heterocycles. The first-order valence-electron chi connectivity index (χ1n) is 10.4. The molecule has 0 bridgehead atoms. The van der Waals surface area contributed by atoms with Crippen molar-refractivity contribution in [3.8, 4) is 5.75 Å². The van der Waals surface area contributed by atoms with E-state index < -0.39 is 28.5 Å². The zero-order valence-electron chi connectivity index (χ0n) is 19.5. The van der Waals surface area contributed by atoms with Crippen molar-refractivity contribution < 1.29 is 22.7 Å². The maximum atomic E-state index is 13.5. The summed E-state index contributed by atoms with van der Waals surface area (Å²) in [6.45, 7) is 5.18. The molecular weight excluding hydrogens is 466 g/mol. The van der Waals surface area contributed by atoms with Crippen LogP contribution in [0.3, 0.4) is 0 Å². The number of methoxy groups -OCH3 is 1. The summed E-state index contributed by atoms with van der Waals surface area (Å²) < 4.78 is 31.7. The van der Waals surface area contributed by atoms with Gasteiger partial charge >= 0.3 is 0 Å². The third-order valence-electron chi connectivity index (χ3n) is 5.04. The van der Waals surface area contributed by atoms with E-state index in [1.54, 1.807) is 56.3 Å². The minimum atomic E-state index is -3.85. The number of halogens is 1. The van der Waals surface area contributed by atoms with Crippen molar-refractivity contribution in [2.75, 3.05) is 30.8 Å². The maximum Gasteiger partial charge on any atom is 0.244 e. The Balaban J connectivity index is 2.46. The smallest absolute Gasteiger partial charge is 0.244 e. The van der Waals surface area contributed by atoms with Gasteiger partial charge in [-0.2, -0.15) is 0 Å². The van der Waals surface area contributed by atoms with Crippen LogP contribution in [0.2, 0.25) is 5.02 Å². The van der Waals surface area contributed by atoms with Crippen LogP contribution in [0.25, 0.3) is 0 Å². The Hall–Kier alpha value is -2.78. The fraction of sp³-hybridized carbons (Fsp3) is 0.391. The Morgan fingerprint density at radius 1 is 1.18 bits per heavy atom. The van der Waals surface area contributed by atoms with Crippen LogP contribution in [0.4, 0.5) is 5.69 Å². The quantitative estimate of drug-likeness (QED) is 0.546. The molecule has 1 atom stereocenters. The number of rotatable bonds is 10. The summed E-state index contributed by atoms with van der Waals surface area (Å²) in [5.41, 5.74) is 1.77.